The summed E-state index contributed by atoms with van der Waals surface area (Å²) in [6, 6.07) is 15.3. The van der Waals surface area contributed by atoms with Gasteiger partial charge in [0.1, 0.15) is 18.0 Å². The van der Waals surface area contributed by atoms with Gasteiger partial charge in [0.2, 0.25) is 0 Å². The van der Waals surface area contributed by atoms with Crippen LogP contribution in [-0.4, -0.2) is 51.4 Å². The van der Waals surface area contributed by atoms with E-state index in [2.05, 4.69) is 16.0 Å². The minimum atomic E-state index is -0.554. The van der Waals surface area contributed by atoms with Crippen LogP contribution in [-0.2, 0) is 6.42 Å². The molecule has 7 heteroatoms. The fourth-order valence-electron chi connectivity index (χ4n) is 4.93. The Hall–Kier alpha value is -2.90. The van der Waals surface area contributed by atoms with Crippen molar-refractivity contribution in [3.8, 4) is 5.75 Å². The molecule has 0 spiro atoms. The number of aliphatic hydroxyl groups excluding tert-OH is 1. The Bertz CT molecular complexity index is 1190. The molecule has 2 unspecified atom stereocenters. The molecule has 2 aliphatic heterocycles. The number of β-amino-alcohol motifs (C(OH)–C–C–N with tert-alkyl or cyclic N) is 1. The number of hydrogen-bond donors (Lipinski definition) is 2. The summed E-state index contributed by atoms with van der Waals surface area (Å²) in [5, 5.41) is 11.3. The molecule has 0 bridgehead atoms. The fourth-order valence-corrected chi connectivity index (χ4v) is 4.93. The smallest absolute Gasteiger partial charge is 0.329 e. The van der Waals surface area contributed by atoms with E-state index in [0.29, 0.717) is 17.4 Å². The van der Waals surface area contributed by atoms with Crippen molar-refractivity contribution in [2.24, 2.45) is 0 Å². The third-order valence-corrected chi connectivity index (χ3v) is 6.59. The SMILES string of the molecule is O=c1[nH]c(=O)n(C2CCN(CC(O)C3CCc4ccccc4O3)CC2)c2ccccc12. The summed E-state index contributed by atoms with van der Waals surface area (Å²) in [5.41, 5.74) is 1.19. The van der Waals surface area contributed by atoms with Crippen molar-refractivity contribution in [2.45, 2.75) is 43.9 Å². The number of nitrogens with zero attached hydrogens (tertiary/aromatic N) is 2. The highest BCUT2D eigenvalue weighted by atomic mass is 16.5. The molecule has 3 aromatic rings. The van der Waals surface area contributed by atoms with Crippen LogP contribution < -0.4 is 16.0 Å². The molecule has 2 aliphatic rings. The maximum absolute atomic E-state index is 12.6. The second kappa shape index (κ2) is 8.32. The van der Waals surface area contributed by atoms with Crippen molar-refractivity contribution in [3.05, 3.63) is 74.9 Å². The van der Waals surface area contributed by atoms with Crippen molar-refractivity contribution in [2.75, 3.05) is 19.6 Å². The molecule has 0 radical (unpaired) electrons. The highest BCUT2D eigenvalue weighted by molar-refractivity contribution is 5.77. The number of H-pyrrole nitrogens is 1. The molecule has 1 saturated heterocycles. The summed E-state index contributed by atoms with van der Waals surface area (Å²) in [5.74, 6) is 0.876. The summed E-state index contributed by atoms with van der Waals surface area (Å²) in [6.07, 6.45) is 2.56. The number of hydrogen-bond acceptors (Lipinski definition) is 5. The molecule has 2 N–H and O–H groups in total. The zero-order valence-corrected chi connectivity index (χ0v) is 17.4. The monoisotopic (exact) mass is 421 g/mol. The van der Waals surface area contributed by atoms with Gasteiger partial charge in [-0.05, 0) is 49.4 Å². The molecule has 7 nitrogen and oxygen atoms in total. The van der Waals surface area contributed by atoms with E-state index in [1.54, 1.807) is 10.6 Å². The minimum Gasteiger partial charge on any atom is -0.487 e. The molecule has 0 aliphatic carbocycles. The molecule has 0 amide bonds. The van der Waals surface area contributed by atoms with Crippen LogP contribution in [0.4, 0.5) is 0 Å². The summed E-state index contributed by atoms with van der Waals surface area (Å²) in [6.45, 7) is 2.12. The van der Waals surface area contributed by atoms with Crippen LogP contribution in [0, 0.1) is 0 Å². The quantitative estimate of drug-likeness (QED) is 0.674. The molecule has 0 saturated carbocycles. The number of nitrogens with one attached hydrogen (secondary N) is 1. The first-order valence-corrected chi connectivity index (χ1v) is 11.0. The van der Waals surface area contributed by atoms with E-state index in [-0.39, 0.29) is 23.4 Å². The molecule has 3 heterocycles. The Balaban J connectivity index is 1.24. The number of likely N-dealkylation sites (tertiary alicyclic amines) is 1. The van der Waals surface area contributed by atoms with Crippen LogP contribution in [0.25, 0.3) is 10.9 Å². The molecule has 2 aromatic carbocycles. The van der Waals surface area contributed by atoms with E-state index in [0.717, 1.165) is 44.5 Å². The number of rotatable bonds is 4. The lowest BCUT2D eigenvalue weighted by atomic mass is 9.98. The predicted molar refractivity (Wildman–Crippen MR) is 119 cm³/mol. The number of piperidine rings is 1. The number of aryl methyl sites for hydroxylation is 1. The number of para-hydroxylation sites is 2. The van der Waals surface area contributed by atoms with Gasteiger partial charge in [-0.1, -0.05) is 30.3 Å². The van der Waals surface area contributed by atoms with Gasteiger partial charge in [0.15, 0.2) is 0 Å². The molecule has 162 valence electrons. The first-order chi connectivity index (χ1) is 15.1. The van der Waals surface area contributed by atoms with Gasteiger partial charge in [-0.3, -0.25) is 14.3 Å². The third kappa shape index (κ3) is 3.91. The molecule has 1 aromatic heterocycles. The molecule has 5 rings (SSSR count). The van der Waals surface area contributed by atoms with Crippen molar-refractivity contribution in [1.29, 1.82) is 0 Å². The van der Waals surface area contributed by atoms with Gasteiger partial charge in [-0.25, -0.2) is 4.79 Å². The average molecular weight is 421 g/mol. The molecular weight excluding hydrogens is 394 g/mol. The summed E-state index contributed by atoms with van der Waals surface area (Å²) in [4.78, 5) is 29.4. The van der Waals surface area contributed by atoms with Gasteiger partial charge in [0.25, 0.3) is 5.56 Å². The van der Waals surface area contributed by atoms with Gasteiger partial charge in [-0.15, -0.1) is 0 Å². The molecule has 2 atom stereocenters. The Morgan fingerprint density at radius 2 is 1.77 bits per heavy atom. The first kappa shape index (κ1) is 20.0. The van der Waals surface area contributed by atoms with Gasteiger partial charge in [0.05, 0.1) is 10.9 Å². The number of aromatic nitrogens is 2. The van der Waals surface area contributed by atoms with Crippen molar-refractivity contribution in [1.82, 2.24) is 14.5 Å². The average Bonchev–Trinajstić information content (AvgIpc) is 2.80. The second-order valence-corrected chi connectivity index (χ2v) is 8.55. The number of benzene rings is 2. The molecular formula is C24H27N3O4. The van der Waals surface area contributed by atoms with Crippen molar-refractivity contribution < 1.29 is 9.84 Å². The lowest BCUT2D eigenvalue weighted by Gasteiger charge is -2.36. The van der Waals surface area contributed by atoms with Crippen LogP contribution in [0.3, 0.4) is 0 Å². The van der Waals surface area contributed by atoms with E-state index in [4.69, 9.17) is 4.74 Å². The number of aromatic amines is 1. The standard InChI is InChI=1S/C24H27N3O4/c28-20(22-10-9-16-5-1-4-8-21(16)31-22)15-26-13-11-17(12-14-26)27-19-7-3-2-6-18(19)23(29)25-24(27)30/h1-8,17,20,22,28H,9-15H2,(H,25,29,30). The second-order valence-electron chi connectivity index (χ2n) is 8.55. The van der Waals surface area contributed by atoms with Gasteiger partial charge < -0.3 is 14.7 Å². The highest BCUT2D eigenvalue weighted by Crippen LogP contribution is 2.29. The molecule has 1 fully saturated rings. The first-order valence-electron chi connectivity index (χ1n) is 11.0. The zero-order valence-electron chi connectivity index (χ0n) is 17.4. The van der Waals surface area contributed by atoms with Gasteiger partial charge in [-0.2, -0.15) is 0 Å². The van der Waals surface area contributed by atoms with Crippen LogP contribution in [0.15, 0.2) is 58.1 Å². The van der Waals surface area contributed by atoms with Crippen LogP contribution in [0.2, 0.25) is 0 Å². The summed E-state index contributed by atoms with van der Waals surface area (Å²) < 4.78 is 7.77. The number of aliphatic hydroxyl groups is 1. The van der Waals surface area contributed by atoms with Gasteiger partial charge in [0, 0.05) is 25.7 Å². The lowest BCUT2D eigenvalue weighted by Crippen LogP contribution is -2.46. The van der Waals surface area contributed by atoms with E-state index in [1.807, 2.05) is 36.4 Å². The normalized spacial score (nSPS) is 20.9. The van der Waals surface area contributed by atoms with E-state index in [9.17, 15) is 14.7 Å². The van der Waals surface area contributed by atoms with Crippen molar-refractivity contribution in [3.63, 3.8) is 0 Å². The summed E-state index contributed by atoms with van der Waals surface area (Å²) in [7, 11) is 0. The Morgan fingerprint density at radius 3 is 2.61 bits per heavy atom. The predicted octanol–water partition coefficient (Wildman–Crippen LogP) is 2.08. The van der Waals surface area contributed by atoms with Crippen LogP contribution >= 0.6 is 0 Å². The number of ether oxygens (including phenoxy) is 1. The summed E-state index contributed by atoms with van der Waals surface area (Å²) >= 11 is 0. The fraction of sp³-hybridized carbons (Fsp3) is 0.417. The Morgan fingerprint density at radius 1 is 1.03 bits per heavy atom. The lowest BCUT2D eigenvalue weighted by molar-refractivity contribution is -0.00361. The topological polar surface area (TPSA) is 87.6 Å². The van der Waals surface area contributed by atoms with Crippen LogP contribution in [0.1, 0.15) is 30.9 Å². The largest absolute Gasteiger partial charge is 0.487 e. The maximum Gasteiger partial charge on any atom is 0.329 e. The van der Waals surface area contributed by atoms with Crippen molar-refractivity contribution >= 4 is 10.9 Å². The maximum atomic E-state index is 12.6. The zero-order chi connectivity index (χ0) is 21.4. The van der Waals surface area contributed by atoms with E-state index >= 15 is 0 Å². The van der Waals surface area contributed by atoms with Gasteiger partial charge >= 0.3 is 5.69 Å². The van der Waals surface area contributed by atoms with E-state index in [1.165, 1.54) is 5.56 Å². The minimum absolute atomic E-state index is 0.0282. The van der Waals surface area contributed by atoms with E-state index < -0.39 is 6.10 Å². The number of fused-ring (bicyclic) bond motifs is 2. The van der Waals surface area contributed by atoms with Crippen LogP contribution in [0.5, 0.6) is 5.75 Å². The third-order valence-electron chi connectivity index (χ3n) is 6.59. The molecule has 31 heavy (non-hydrogen) atoms. The highest BCUT2D eigenvalue weighted by Gasteiger charge is 2.30. The Kier molecular flexibility index (Phi) is 5.38. The Labute approximate surface area is 179 Å².